The third-order valence-corrected chi connectivity index (χ3v) is 8.73. The minimum Gasteiger partial charge on any atom is -0.494 e. The van der Waals surface area contributed by atoms with Crippen LogP contribution in [0.5, 0.6) is 5.75 Å². The maximum absolute atomic E-state index is 14.1. The van der Waals surface area contributed by atoms with Gasteiger partial charge in [-0.15, -0.1) is 0 Å². The number of hydrogen-bond acceptors (Lipinski definition) is 5. The molecule has 0 aliphatic carbocycles. The van der Waals surface area contributed by atoms with Crippen molar-refractivity contribution in [2.24, 2.45) is 0 Å². The second kappa shape index (κ2) is 14.8. The van der Waals surface area contributed by atoms with Crippen molar-refractivity contribution in [1.29, 1.82) is 0 Å². The van der Waals surface area contributed by atoms with Crippen molar-refractivity contribution in [2.45, 2.75) is 71.0 Å². The quantitative estimate of drug-likeness (QED) is 0.267. The summed E-state index contributed by atoms with van der Waals surface area (Å²) < 4.78 is 48.1. The Balaban J connectivity index is 2.05. The monoisotopic (exact) mass is 597 g/mol. The molecule has 0 saturated heterocycles. The number of halogens is 1. The lowest BCUT2D eigenvalue weighted by Gasteiger charge is -2.33. The van der Waals surface area contributed by atoms with Crippen molar-refractivity contribution in [2.75, 3.05) is 17.5 Å². The first-order valence-corrected chi connectivity index (χ1v) is 15.6. The number of carbonyl (C=O) groups is 2. The Labute approximate surface area is 248 Å². The van der Waals surface area contributed by atoms with Crippen LogP contribution in [-0.2, 0) is 26.2 Å². The van der Waals surface area contributed by atoms with E-state index in [4.69, 9.17) is 4.74 Å². The van der Waals surface area contributed by atoms with Gasteiger partial charge in [-0.25, -0.2) is 12.8 Å². The second-order valence-corrected chi connectivity index (χ2v) is 12.0. The number of hydrogen-bond donors (Lipinski definition) is 1. The average molecular weight is 598 g/mol. The highest BCUT2D eigenvalue weighted by Crippen LogP contribution is 2.26. The first-order chi connectivity index (χ1) is 20.0. The molecule has 2 amide bonds. The SMILES string of the molecule is CCOc1ccc(S(=O)(=O)N(CC(=O)N(Cc2cccc(C)c2)C(CC)C(=O)NC(C)CC)c2ccc(F)cc2)cc1. The highest BCUT2D eigenvalue weighted by Gasteiger charge is 2.34. The molecule has 2 atom stereocenters. The number of nitrogens with zero attached hydrogens (tertiary/aromatic N) is 2. The molecule has 0 bridgehead atoms. The summed E-state index contributed by atoms with van der Waals surface area (Å²) in [6.45, 7) is 9.33. The molecule has 8 nitrogen and oxygen atoms in total. The number of carbonyl (C=O) groups excluding carboxylic acids is 2. The number of amides is 2. The predicted octanol–water partition coefficient (Wildman–Crippen LogP) is 5.45. The molecule has 0 radical (unpaired) electrons. The largest absolute Gasteiger partial charge is 0.494 e. The molecule has 3 rings (SSSR count). The van der Waals surface area contributed by atoms with Gasteiger partial charge < -0.3 is 15.0 Å². The summed E-state index contributed by atoms with van der Waals surface area (Å²) >= 11 is 0. The molecule has 0 saturated carbocycles. The summed E-state index contributed by atoms with van der Waals surface area (Å²) in [5, 5.41) is 2.96. The van der Waals surface area contributed by atoms with E-state index in [0.29, 0.717) is 25.2 Å². The van der Waals surface area contributed by atoms with Gasteiger partial charge in [-0.3, -0.25) is 13.9 Å². The van der Waals surface area contributed by atoms with Crippen LogP contribution < -0.4 is 14.4 Å². The Bertz CT molecular complexity index is 1450. The first kappa shape index (κ1) is 32.6. The molecule has 0 aliphatic heterocycles. The zero-order valence-electron chi connectivity index (χ0n) is 24.8. The van der Waals surface area contributed by atoms with Gasteiger partial charge in [0.15, 0.2) is 0 Å². The van der Waals surface area contributed by atoms with E-state index in [1.165, 1.54) is 41.3 Å². The van der Waals surface area contributed by atoms with Crippen LogP contribution in [0.3, 0.4) is 0 Å². The van der Waals surface area contributed by atoms with Gasteiger partial charge in [0.25, 0.3) is 10.0 Å². The molecular weight excluding hydrogens is 557 g/mol. The molecule has 0 heterocycles. The zero-order chi connectivity index (χ0) is 30.9. The molecule has 42 heavy (non-hydrogen) atoms. The van der Waals surface area contributed by atoms with Crippen molar-refractivity contribution >= 4 is 27.5 Å². The number of anilines is 1. The molecule has 10 heteroatoms. The summed E-state index contributed by atoms with van der Waals surface area (Å²) in [5.41, 5.74) is 1.91. The average Bonchev–Trinajstić information content (AvgIpc) is 2.96. The molecule has 0 fully saturated rings. The summed E-state index contributed by atoms with van der Waals surface area (Å²) in [6, 6.07) is 17.4. The molecule has 226 valence electrons. The maximum Gasteiger partial charge on any atom is 0.264 e. The number of benzene rings is 3. The number of aryl methyl sites for hydroxylation is 1. The molecule has 3 aromatic carbocycles. The van der Waals surface area contributed by atoms with Crippen LogP contribution in [0.25, 0.3) is 0 Å². The van der Waals surface area contributed by atoms with Gasteiger partial charge in [0.2, 0.25) is 11.8 Å². The van der Waals surface area contributed by atoms with Crippen LogP contribution in [0.2, 0.25) is 0 Å². The Morgan fingerprint density at radius 2 is 1.62 bits per heavy atom. The minimum absolute atomic E-state index is 0.0603. The van der Waals surface area contributed by atoms with Crippen LogP contribution in [-0.4, -0.2) is 50.4 Å². The Hall–Kier alpha value is -3.92. The van der Waals surface area contributed by atoms with Gasteiger partial charge in [-0.2, -0.15) is 0 Å². The fourth-order valence-electron chi connectivity index (χ4n) is 4.51. The van der Waals surface area contributed by atoms with E-state index in [1.807, 2.05) is 58.9 Å². The molecule has 0 aliphatic rings. The standard InChI is InChI=1S/C32H40FN3O5S/c1-6-24(5)34-32(38)30(7-2)35(21-25-11-9-10-23(4)20-25)31(37)22-36(27-14-12-26(33)13-15-27)42(39,40)29-18-16-28(17-19-29)41-8-3/h9-20,24,30H,6-8,21-22H2,1-5H3,(H,34,38). The van der Waals surface area contributed by atoms with Gasteiger partial charge >= 0.3 is 0 Å². The van der Waals surface area contributed by atoms with E-state index in [9.17, 15) is 22.4 Å². The van der Waals surface area contributed by atoms with E-state index in [1.54, 1.807) is 0 Å². The van der Waals surface area contributed by atoms with E-state index in [-0.39, 0.29) is 29.1 Å². The highest BCUT2D eigenvalue weighted by atomic mass is 32.2. The number of rotatable bonds is 14. The Morgan fingerprint density at radius 3 is 2.19 bits per heavy atom. The Morgan fingerprint density at radius 1 is 0.952 bits per heavy atom. The summed E-state index contributed by atoms with van der Waals surface area (Å²) in [5.74, 6) is -0.919. The highest BCUT2D eigenvalue weighted by molar-refractivity contribution is 7.92. The van der Waals surface area contributed by atoms with Crippen molar-refractivity contribution < 1.29 is 27.1 Å². The van der Waals surface area contributed by atoms with Crippen LogP contribution in [0.15, 0.2) is 77.7 Å². The van der Waals surface area contributed by atoms with Gasteiger partial charge in [-0.1, -0.05) is 43.7 Å². The summed E-state index contributed by atoms with van der Waals surface area (Å²) in [6.07, 6.45) is 1.04. The Kier molecular flexibility index (Phi) is 11.5. The van der Waals surface area contributed by atoms with E-state index >= 15 is 0 Å². The molecule has 2 unspecified atom stereocenters. The van der Waals surface area contributed by atoms with Crippen LogP contribution in [0, 0.1) is 12.7 Å². The molecule has 0 spiro atoms. The van der Waals surface area contributed by atoms with Crippen LogP contribution in [0.4, 0.5) is 10.1 Å². The van der Waals surface area contributed by atoms with Crippen molar-refractivity contribution in [1.82, 2.24) is 10.2 Å². The predicted molar refractivity (Wildman–Crippen MR) is 162 cm³/mol. The third kappa shape index (κ3) is 8.31. The topological polar surface area (TPSA) is 96.0 Å². The van der Waals surface area contributed by atoms with E-state index < -0.39 is 34.3 Å². The van der Waals surface area contributed by atoms with Gasteiger partial charge in [0.1, 0.15) is 24.2 Å². The summed E-state index contributed by atoms with van der Waals surface area (Å²) in [7, 11) is -4.28. The molecular formula is C32H40FN3O5S. The zero-order valence-corrected chi connectivity index (χ0v) is 25.7. The van der Waals surface area contributed by atoms with Crippen molar-refractivity contribution in [3.05, 3.63) is 89.7 Å². The second-order valence-electron chi connectivity index (χ2n) is 10.1. The van der Waals surface area contributed by atoms with Crippen molar-refractivity contribution in [3.63, 3.8) is 0 Å². The minimum atomic E-state index is -4.28. The fourth-order valence-corrected chi connectivity index (χ4v) is 5.92. The van der Waals surface area contributed by atoms with Gasteiger partial charge in [-0.05, 0) is 87.7 Å². The summed E-state index contributed by atoms with van der Waals surface area (Å²) in [4.78, 5) is 28.8. The van der Waals surface area contributed by atoms with Gasteiger partial charge in [0, 0.05) is 12.6 Å². The third-order valence-electron chi connectivity index (χ3n) is 6.94. The molecule has 1 N–H and O–H groups in total. The molecule has 3 aromatic rings. The lowest BCUT2D eigenvalue weighted by molar-refractivity contribution is -0.140. The van der Waals surface area contributed by atoms with E-state index in [2.05, 4.69) is 5.32 Å². The van der Waals surface area contributed by atoms with Crippen LogP contribution in [0.1, 0.15) is 51.7 Å². The first-order valence-electron chi connectivity index (χ1n) is 14.2. The molecule has 0 aromatic heterocycles. The lowest BCUT2D eigenvalue weighted by Crippen LogP contribution is -2.53. The van der Waals surface area contributed by atoms with Crippen LogP contribution >= 0.6 is 0 Å². The normalized spacial score (nSPS) is 12.7. The number of ether oxygens (including phenoxy) is 1. The number of nitrogens with one attached hydrogen (secondary N) is 1. The van der Waals surface area contributed by atoms with Gasteiger partial charge in [0.05, 0.1) is 17.2 Å². The maximum atomic E-state index is 14.1. The fraction of sp³-hybridized carbons (Fsp3) is 0.375. The smallest absolute Gasteiger partial charge is 0.264 e. The number of sulfonamides is 1. The lowest BCUT2D eigenvalue weighted by atomic mass is 10.1. The van der Waals surface area contributed by atoms with Crippen molar-refractivity contribution in [3.8, 4) is 5.75 Å². The van der Waals surface area contributed by atoms with E-state index in [0.717, 1.165) is 27.6 Å².